The van der Waals surface area contributed by atoms with E-state index in [9.17, 15) is 22.8 Å². The van der Waals surface area contributed by atoms with Crippen LogP contribution in [0.4, 0.5) is 10.5 Å². The lowest BCUT2D eigenvalue weighted by molar-refractivity contribution is -0.131. The normalized spacial score (nSPS) is 21.3. The van der Waals surface area contributed by atoms with Crippen LogP contribution in [0.3, 0.4) is 0 Å². The van der Waals surface area contributed by atoms with Gasteiger partial charge < -0.3 is 5.32 Å². The lowest BCUT2D eigenvalue weighted by Gasteiger charge is -2.24. The molecule has 1 saturated heterocycles. The third-order valence-electron chi connectivity index (χ3n) is 6.16. The first kappa shape index (κ1) is 19.9. The van der Waals surface area contributed by atoms with E-state index in [0.29, 0.717) is 37.1 Å². The zero-order valence-corrected chi connectivity index (χ0v) is 17.3. The van der Waals surface area contributed by atoms with Gasteiger partial charge in [-0.3, -0.25) is 18.8 Å². The molecule has 3 aliphatic rings. The zero-order chi connectivity index (χ0) is 20.8. The lowest BCUT2D eigenvalue weighted by Crippen LogP contribution is -2.46. The molecule has 8 nitrogen and oxygen atoms in total. The summed E-state index contributed by atoms with van der Waals surface area (Å²) < 4.78 is 25.0. The Morgan fingerprint density at radius 1 is 1.14 bits per heavy atom. The standard InChI is InChI=1S/C20H25N3O5S/c1-29(27,28)23-11-8-14-12-15(6-7-16(14)23)17(24)13-22-18(25)20(21-19(22)26)9-4-2-3-5-10-20/h6-7,12H,2-5,8-11,13H2,1H3,(H,21,26). The molecule has 1 aromatic carbocycles. The van der Waals surface area contributed by atoms with Crippen LogP contribution in [0.2, 0.25) is 0 Å². The van der Waals surface area contributed by atoms with Crippen molar-refractivity contribution in [1.82, 2.24) is 10.2 Å². The molecule has 2 fully saturated rings. The van der Waals surface area contributed by atoms with Crippen LogP contribution in [0.15, 0.2) is 18.2 Å². The summed E-state index contributed by atoms with van der Waals surface area (Å²) in [4.78, 5) is 39.3. The number of hydrogen-bond donors (Lipinski definition) is 1. The number of hydrogen-bond acceptors (Lipinski definition) is 5. The Morgan fingerprint density at radius 2 is 1.83 bits per heavy atom. The van der Waals surface area contributed by atoms with Gasteiger partial charge in [0.1, 0.15) is 5.54 Å². The summed E-state index contributed by atoms with van der Waals surface area (Å²) in [5, 5.41) is 2.84. The number of nitrogens with zero attached hydrogens (tertiary/aromatic N) is 2. The van der Waals surface area contributed by atoms with E-state index in [1.54, 1.807) is 18.2 Å². The van der Waals surface area contributed by atoms with E-state index in [0.717, 1.165) is 42.4 Å². The molecule has 0 unspecified atom stereocenters. The highest BCUT2D eigenvalue weighted by Gasteiger charge is 2.51. The lowest BCUT2D eigenvalue weighted by atomic mass is 9.90. The highest BCUT2D eigenvalue weighted by Crippen LogP contribution is 2.33. The number of carbonyl (C=O) groups is 3. The quantitative estimate of drug-likeness (QED) is 0.592. The number of amides is 3. The van der Waals surface area contributed by atoms with Crippen LogP contribution in [-0.2, 0) is 21.2 Å². The molecule has 1 saturated carbocycles. The molecule has 9 heteroatoms. The number of sulfonamides is 1. The van der Waals surface area contributed by atoms with E-state index in [-0.39, 0.29) is 18.2 Å². The van der Waals surface area contributed by atoms with E-state index in [4.69, 9.17) is 0 Å². The average Bonchev–Trinajstić information content (AvgIpc) is 3.08. The minimum atomic E-state index is -3.36. The van der Waals surface area contributed by atoms with Crippen molar-refractivity contribution in [2.45, 2.75) is 50.5 Å². The van der Waals surface area contributed by atoms with Gasteiger partial charge in [0.2, 0.25) is 10.0 Å². The summed E-state index contributed by atoms with van der Waals surface area (Å²) in [5.41, 5.74) is 0.874. The molecule has 0 bridgehead atoms. The Bertz CT molecular complexity index is 980. The second kappa shape index (κ2) is 7.12. The van der Waals surface area contributed by atoms with Gasteiger partial charge in [-0.15, -0.1) is 0 Å². The maximum atomic E-state index is 13.0. The maximum Gasteiger partial charge on any atom is 0.325 e. The summed E-state index contributed by atoms with van der Waals surface area (Å²) in [7, 11) is -3.36. The monoisotopic (exact) mass is 419 g/mol. The van der Waals surface area contributed by atoms with Crippen LogP contribution in [0.25, 0.3) is 0 Å². The fourth-order valence-corrected chi connectivity index (χ4v) is 5.57. The number of Topliss-reactive ketones (excluding diaryl/α,β-unsaturated/α-hetero) is 1. The van der Waals surface area contributed by atoms with Crippen molar-refractivity contribution >= 4 is 33.4 Å². The SMILES string of the molecule is CS(=O)(=O)N1CCc2cc(C(=O)CN3C(=O)NC4(CCCCCC4)C3=O)ccc21. The van der Waals surface area contributed by atoms with E-state index in [1.807, 2.05) is 0 Å². The zero-order valence-electron chi connectivity index (χ0n) is 16.4. The number of benzene rings is 1. The predicted octanol–water partition coefficient (Wildman–Crippen LogP) is 1.84. The molecule has 2 heterocycles. The Kier molecular flexibility index (Phi) is 4.88. The van der Waals surface area contributed by atoms with Gasteiger partial charge in [0, 0.05) is 12.1 Å². The van der Waals surface area contributed by atoms with Crippen molar-refractivity contribution in [1.29, 1.82) is 0 Å². The van der Waals surface area contributed by atoms with Crippen LogP contribution in [0.5, 0.6) is 0 Å². The maximum absolute atomic E-state index is 13.0. The minimum absolute atomic E-state index is 0.304. The number of urea groups is 1. The summed E-state index contributed by atoms with van der Waals surface area (Å²) in [5.74, 6) is -0.637. The summed E-state index contributed by atoms with van der Waals surface area (Å²) >= 11 is 0. The molecule has 1 N–H and O–H groups in total. The van der Waals surface area contributed by atoms with E-state index >= 15 is 0 Å². The number of anilines is 1. The van der Waals surface area contributed by atoms with E-state index < -0.39 is 21.6 Å². The van der Waals surface area contributed by atoms with E-state index in [1.165, 1.54) is 4.31 Å². The van der Waals surface area contributed by atoms with Gasteiger partial charge in [0.05, 0.1) is 18.5 Å². The van der Waals surface area contributed by atoms with Gasteiger partial charge in [0.15, 0.2) is 5.78 Å². The van der Waals surface area contributed by atoms with Crippen molar-refractivity contribution in [3.05, 3.63) is 29.3 Å². The molecule has 0 atom stereocenters. The topological polar surface area (TPSA) is 104 Å². The Balaban J connectivity index is 1.51. The molecule has 156 valence electrons. The van der Waals surface area contributed by atoms with Gasteiger partial charge in [-0.05, 0) is 43.0 Å². The number of carbonyl (C=O) groups excluding carboxylic acids is 3. The second-order valence-electron chi connectivity index (χ2n) is 8.17. The smallest absolute Gasteiger partial charge is 0.323 e. The number of ketones is 1. The fraction of sp³-hybridized carbons (Fsp3) is 0.550. The Labute approximate surface area is 170 Å². The van der Waals surface area contributed by atoms with Gasteiger partial charge in [0.25, 0.3) is 5.91 Å². The van der Waals surface area contributed by atoms with Crippen LogP contribution >= 0.6 is 0 Å². The molecule has 0 radical (unpaired) electrons. The van der Waals surface area contributed by atoms with Crippen LogP contribution in [0.1, 0.15) is 54.4 Å². The molecule has 4 rings (SSSR count). The highest BCUT2D eigenvalue weighted by atomic mass is 32.2. The highest BCUT2D eigenvalue weighted by molar-refractivity contribution is 7.92. The second-order valence-corrected chi connectivity index (χ2v) is 10.1. The number of rotatable bonds is 4. The first-order valence-corrected chi connectivity index (χ1v) is 11.8. The van der Waals surface area contributed by atoms with Gasteiger partial charge in [-0.1, -0.05) is 25.7 Å². The summed E-state index contributed by atoms with van der Waals surface area (Å²) in [6, 6.07) is 4.34. The third-order valence-corrected chi connectivity index (χ3v) is 7.34. The fourth-order valence-electron chi connectivity index (χ4n) is 4.62. The van der Waals surface area contributed by atoms with Crippen molar-refractivity contribution in [3.63, 3.8) is 0 Å². The minimum Gasteiger partial charge on any atom is -0.323 e. The van der Waals surface area contributed by atoms with Crippen molar-refractivity contribution in [3.8, 4) is 0 Å². The van der Waals surface area contributed by atoms with Gasteiger partial charge >= 0.3 is 6.03 Å². The van der Waals surface area contributed by atoms with E-state index in [2.05, 4.69) is 5.32 Å². The molecule has 3 amide bonds. The molecular formula is C20H25N3O5S. The van der Waals surface area contributed by atoms with Crippen LogP contribution in [-0.4, -0.2) is 55.9 Å². The van der Waals surface area contributed by atoms with Crippen molar-refractivity contribution in [2.75, 3.05) is 23.7 Å². The molecule has 1 aliphatic carbocycles. The third kappa shape index (κ3) is 3.52. The van der Waals surface area contributed by atoms with Crippen LogP contribution < -0.4 is 9.62 Å². The largest absolute Gasteiger partial charge is 0.325 e. The number of nitrogens with one attached hydrogen (secondary N) is 1. The Hall–Kier alpha value is -2.42. The molecule has 29 heavy (non-hydrogen) atoms. The van der Waals surface area contributed by atoms with Crippen LogP contribution in [0, 0.1) is 0 Å². The Morgan fingerprint density at radius 3 is 2.48 bits per heavy atom. The summed E-state index contributed by atoms with van der Waals surface area (Å²) in [6.45, 7) is 0.0440. The van der Waals surface area contributed by atoms with Crippen molar-refractivity contribution < 1.29 is 22.8 Å². The molecule has 1 aromatic rings. The average molecular weight is 420 g/mol. The van der Waals surface area contributed by atoms with Gasteiger partial charge in [-0.25, -0.2) is 13.2 Å². The molecular weight excluding hydrogens is 394 g/mol. The molecule has 1 spiro atoms. The first-order valence-electron chi connectivity index (χ1n) is 9.99. The molecule has 0 aromatic heterocycles. The summed E-state index contributed by atoms with van der Waals surface area (Å²) in [6.07, 6.45) is 6.76. The van der Waals surface area contributed by atoms with Gasteiger partial charge in [-0.2, -0.15) is 0 Å². The number of imide groups is 1. The molecule has 2 aliphatic heterocycles. The predicted molar refractivity (Wildman–Crippen MR) is 107 cm³/mol. The number of fused-ring (bicyclic) bond motifs is 1. The first-order chi connectivity index (χ1) is 13.7. The van der Waals surface area contributed by atoms with Crippen molar-refractivity contribution in [2.24, 2.45) is 0 Å².